The fourth-order valence-electron chi connectivity index (χ4n) is 4.19. The van der Waals surface area contributed by atoms with E-state index in [-0.39, 0.29) is 30.0 Å². The molecule has 1 saturated carbocycles. The van der Waals surface area contributed by atoms with Crippen LogP contribution in [0.25, 0.3) is 0 Å². The van der Waals surface area contributed by atoms with Gasteiger partial charge >= 0.3 is 0 Å². The first-order valence-corrected chi connectivity index (χ1v) is 11.8. The van der Waals surface area contributed by atoms with Gasteiger partial charge in [-0.3, -0.25) is 4.57 Å². The number of aliphatic hydroxyl groups is 1. The molecule has 3 N–H and O–H groups in total. The third kappa shape index (κ3) is 7.31. The standard InChI is InChI=1S/C21H36NO6P.ClH/c1-14(16-10-18(26-2)21(28-4)19(11-16)27-3)22-13-17(23)12-20(29(24)25)15-8-6-5-7-9-15;/h10-11,14-15,17,20,22-23,29H,5-9,12-13H2,1-4H3,(H,24,25);1H. The number of ether oxygens (including phenoxy) is 3. The summed E-state index contributed by atoms with van der Waals surface area (Å²) in [6.45, 7) is 2.33. The van der Waals surface area contributed by atoms with Gasteiger partial charge in [-0.25, -0.2) is 0 Å². The van der Waals surface area contributed by atoms with E-state index in [4.69, 9.17) is 14.2 Å². The second kappa shape index (κ2) is 13.4. The van der Waals surface area contributed by atoms with Crippen LogP contribution >= 0.6 is 20.4 Å². The van der Waals surface area contributed by atoms with E-state index in [2.05, 4.69) is 5.32 Å². The highest BCUT2D eigenvalue weighted by molar-refractivity contribution is 7.38. The third-order valence-corrected chi connectivity index (χ3v) is 7.25. The van der Waals surface area contributed by atoms with Crippen molar-refractivity contribution in [3.05, 3.63) is 17.7 Å². The van der Waals surface area contributed by atoms with Crippen LogP contribution in [0.4, 0.5) is 0 Å². The van der Waals surface area contributed by atoms with Crippen molar-refractivity contribution in [2.24, 2.45) is 5.92 Å². The smallest absolute Gasteiger partial charge is 0.203 e. The van der Waals surface area contributed by atoms with Crippen LogP contribution in [0.2, 0.25) is 0 Å². The molecular weight excluding hydrogens is 429 g/mol. The number of benzene rings is 1. The van der Waals surface area contributed by atoms with Gasteiger partial charge in [-0.05, 0) is 49.8 Å². The molecule has 1 aromatic carbocycles. The molecule has 7 nitrogen and oxygen atoms in total. The molecule has 9 heteroatoms. The van der Waals surface area contributed by atoms with Gasteiger partial charge in [-0.15, -0.1) is 12.4 Å². The highest BCUT2D eigenvalue weighted by Crippen LogP contribution is 2.41. The summed E-state index contributed by atoms with van der Waals surface area (Å²) in [5.41, 5.74) is 0.639. The normalized spacial score (nSPS) is 18.6. The summed E-state index contributed by atoms with van der Waals surface area (Å²) in [4.78, 5) is 9.81. The van der Waals surface area contributed by atoms with Gasteiger partial charge in [0.05, 0.1) is 27.4 Å². The molecule has 1 fully saturated rings. The van der Waals surface area contributed by atoms with Gasteiger partial charge in [-0.1, -0.05) is 19.3 Å². The summed E-state index contributed by atoms with van der Waals surface area (Å²) in [6.07, 6.45) is 5.09. The number of methoxy groups -OCH3 is 3. The first-order valence-electron chi connectivity index (χ1n) is 10.3. The number of hydrogen-bond acceptors (Lipinski definition) is 6. The van der Waals surface area contributed by atoms with Crippen LogP contribution in [0.5, 0.6) is 17.2 Å². The molecule has 1 aromatic rings. The maximum absolute atomic E-state index is 11.9. The minimum atomic E-state index is -2.67. The van der Waals surface area contributed by atoms with Gasteiger partial charge < -0.3 is 29.5 Å². The molecule has 0 bridgehead atoms. The van der Waals surface area contributed by atoms with Gasteiger partial charge in [-0.2, -0.15) is 0 Å². The average molecular weight is 466 g/mol. The van der Waals surface area contributed by atoms with Crippen LogP contribution in [-0.2, 0) is 4.57 Å². The van der Waals surface area contributed by atoms with Gasteiger partial charge in [0.15, 0.2) is 19.5 Å². The molecule has 1 aliphatic carbocycles. The number of aliphatic hydroxyl groups excluding tert-OH is 1. The summed E-state index contributed by atoms with van der Waals surface area (Å²) >= 11 is 0. The van der Waals surface area contributed by atoms with E-state index in [0.717, 1.165) is 31.2 Å². The highest BCUT2D eigenvalue weighted by Gasteiger charge is 2.29. The molecule has 174 valence electrons. The van der Waals surface area contributed by atoms with E-state index in [0.29, 0.717) is 30.2 Å². The Morgan fingerprint density at radius 1 is 1.10 bits per heavy atom. The van der Waals surface area contributed by atoms with Crippen LogP contribution < -0.4 is 19.5 Å². The first-order chi connectivity index (χ1) is 13.9. The van der Waals surface area contributed by atoms with Crippen LogP contribution in [0.3, 0.4) is 0 Å². The van der Waals surface area contributed by atoms with Gasteiger partial charge in [0.25, 0.3) is 0 Å². The summed E-state index contributed by atoms with van der Waals surface area (Å²) in [7, 11) is 2.05. The van der Waals surface area contributed by atoms with E-state index < -0.39 is 14.1 Å². The lowest BCUT2D eigenvalue weighted by Crippen LogP contribution is -2.33. The third-order valence-electron chi connectivity index (χ3n) is 5.91. The second-order valence-electron chi connectivity index (χ2n) is 7.82. The van der Waals surface area contributed by atoms with Crippen molar-refractivity contribution in [1.82, 2.24) is 5.32 Å². The summed E-state index contributed by atoms with van der Waals surface area (Å²) in [6, 6.07) is 3.68. The number of hydrogen-bond donors (Lipinski definition) is 3. The summed E-state index contributed by atoms with van der Waals surface area (Å²) < 4.78 is 28.1. The second-order valence-corrected chi connectivity index (χ2v) is 9.24. The molecule has 4 atom stereocenters. The van der Waals surface area contributed by atoms with Crippen LogP contribution in [0, 0.1) is 5.92 Å². The molecule has 0 aromatic heterocycles. The Balaban J connectivity index is 0.00000450. The molecular formula is C21H37ClNO6P. The van der Waals surface area contributed by atoms with Crippen molar-refractivity contribution in [3.8, 4) is 17.2 Å². The molecule has 1 aliphatic rings. The van der Waals surface area contributed by atoms with Crippen molar-refractivity contribution in [3.63, 3.8) is 0 Å². The molecule has 0 amide bonds. The summed E-state index contributed by atoms with van der Waals surface area (Å²) in [5.74, 6) is 1.94. The van der Waals surface area contributed by atoms with Crippen molar-refractivity contribution in [1.29, 1.82) is 0 Å². The van der Waals surface area contributed by atoms with Crippen molar-refractivity contribution < 1.29 is 28.8 Å². The van der Waals surface area contributed by atoms with E-state index >= 15 is 0 Å². The molecule has 4 unspecified atom stereocenters. The number of nitrogens with one attached hydrogen (secondary N) is 1. The zero-order valence-corrected chi connectivity index (χ0v) is 20.2. The highest BCUT2D eigenvalue weighted by atomic mass is 35.5. The van der Waals surface area contributed by atoms with Crippen molar-refractivity contribution in [2.45, 2.75) is 63.3 Å². The predicted octanol–water partition coefficient (Wildman–Crippen LogP) is 3.95. The van der Waals surface area contributed by atoms with Crippen molar-refractivity contribution >= 4 is 20.4 Å². The number of halogens is 1. The fourth-order valence-corrected chi connectivity index (χ4v) is 5.40. The zero-order valence-electron chi connectivity index (χ0n) is 18.3. The lowest BCUT2D eigenvalue weighted by molar-refractivity contribution is 0.144. The lowest BCUT2D eigenvalue weighted by Gasteiger charge is -2.30. The zero-order chi connectivity index (χ0) is 21.4. The Morgan fingerprint density at radius 3 is 2.13 bits per heavy atom. The largest absolute Gasteiger partial charge is 0.493 e. The van der Waals surface area contributed by atoms with Crippen LogP contribution in [0.15, 0.2) is 12.1 Å². The number of rotatable bonds is 11. The predicted molar refractivity (Wildman–Crippen MR) is 122 cm³/mol. The van der Waals surface area contributed by atoms with Crippen molar-refractivity contribution in [2.75, 3.05) is 27.9 Å². The first kappa shape index (κ1) is 27.1. The van der Waals surface area contributed by atoms with Crippen LogP contribution in [-0.4, -0.2) is 49.6 Å². The van der Waals surface area contributed by atoms with Gasteiger partial charge in [0.1, 0.15) is 0 Å². The van der Waals surface area contributed by atoms with E-state index in [1.54, 1.807) is 21.3 Å². The van der Waals surface area contributed by atoms with Gasteiger partial charge in [0, 0.05) is 18.2 Å². The maximum atomic E-state index is 11.9. The van der Waals surface area contributed by atoms with E-state index in [1.165, 1.54) is 6.42 Å². The molecule has 0 heterocycles. The summed E-state index contributed by atoms with van der Waals surface area (Å²) in [5, 5.41) is 13.8. The quantitative estimate of drug-likeness (QED) is 0.426. The minimum Gasteiger partial charge on any atom is -0.493 e. The molecule has 0 radical (unpaired) electrons. The van der Waals surface area contributed by atoms with E-state index in [9.17, 15) is 14.6 Å². The SMILES string of the molecule is COc1cc(C(C)NCC(O)CC(C2CCCCC2)[PH](=O)O)cc(OC)c1OC.Cl. The maximum Gasteiger partial charge on any atom is 0.203 e. The van der Waals surface area contributed by atoms with Gasteiger partial charge in [0.2, 0.25) is 5.75 Å². The monoisotopic (exact) mass is 465 g/mol. The molecule has 0 spiro atoms. The Bertz CT molecular complexity index is 646. The molecule has 0 aliphatic heterocycles. The average Bonchev–Trinajstić information content (AvgIpc) is 2.74. The lowest BCUT2D eigenvalue weighted by atomic mass is 9.85. The Labute approximate surface area is 186 Å². The minimum absolute atomic E-state index is 0. The Kier molecular flexibility index (Phi) is 12.1. The molecule has 30 heavy (non-hydrogen) atoms. The molecule has 2 rings (SSSR count). The topological polar surface area (TPSA) is 97.2 Å². The fraction of sp³-hybridized carbons (Fsp3) is 0.714. The van der Waals surface area contributed by atoms with Crippen LogP contribution in [0.1, 0.15) is 57.1 Å². The Hall–Kier alpha value is -0.980. The molecule has 0 saturated heterocycles. The Morgan fingerprint density at radius 2 is 1.67 bits per heavy atom. The van der Waals surface area contributed by atoms with E-state index in [1.807, 2.05) is 19.1 Å².